The van der Waals surface area contributed by atoms with Crippen molar-refractivity contribution in [3.63, 3.8) is 0 Å². The molecule has 0 aliphatic carbocycles. The molecule has 2 heterocycles. The quantitative estimate of drug-likeness (QED) is 0.774. The second kappa shape index (κ2) is 6.63. The number of carbonyl (C=O) groups is 1. The van der Waals surface area contributed by atoms with Crippen molar-refractivity contribution in [1.29, 1.82) is 0 Å². The van der Waals surface area contributed by atoms with Crippen LogP contribution in [0.2, 0.25) is 0 Å². The van der Waals surface area contributed by atoms with Crippen molar-refractivity contribution in [3.05, 3.63) is 53.8 Å². The molecule has 0 saturated heterocycles. The average Bonchev–Trinajstić information content (AvgIpc) is 3.12. The summed E-state index contributed by atoms with van der Waals surface area (Å²) in [5, 5.41) is 3.77. The maximum Gasteiger partial charge on any atom is 0.287 e. The predicted octanol–water partition coefficient (Wildman–Crippen LogP) is 3.70. The van der Waals surface area contributed by atoms with Crippen LogP contribution < -0.4 is 19.5 Å². The Balaban J connectivity index is 1.54. The first kappa shape index (κ1) is 16.3. The van der Waals surface area contributed by atoms with E-state index >= 15 is 0 Å². The summed E-state index contributed by atoms with van der Waals surface area (Å²) in [6.07, 6.45) is 0. The highest BCUT2D eigenvalue weighted by Crippen LogP contribution is 2.33. The summed E-state index contributed by atoms with van der Waals surface area (Å²) in [4.78, 5) is 12.6. The third-order valence-electron chi connectivity index (χ3n) is 4.37. The first-order valence-electron chi connectivity index (χ1n) is 8.42. The van der Waals surface area contributed by atoms with E-state index in [4.69, 9.17) is 18.6 Å². The van der Waals surface area contributed by atoms with Gasteiger partial charge in [-0.05, 0) is 36.8 Å². The van der Waals surface area contributed by atoms with E-state index < -0.39 is 0 Å². The van der Waals surface area contributed by atoms with E-state index in [-0.39, 0.29) is 17.7 Å². The highest BCUT2D eigenvalue weighted by molar-refractivity contribution is 5.97. The SMILES string of the molecule is COc1cccc2cc(C(=O)N[C@@H](C)c3ccc4c(c3)OCCO4)oc12. The molecule has 6 nitrogen and oxygen atoms in total. The molecular weight excluding hydrogens is 334 g/mol. The van der Waals surface area contributed by atoms with Crippen molar-refractivity contribution in [2.45, 2.75) is 13.0 Å². The summed E-state index contributed by atoms with van der Waals surface area (Å²) in [7, 11) is 1.57. The van der Waals surface area contributed by atoms with Gasteiger partial charge in [-0.25, -0.2) is 0 Å². The first-order chi connectivity index (χ1) is 12.7. The molecule has 3 aromatic rings. The van der Waals surface area contributed by atoms with Gasteiger partial charge in [0.25, 0.3) is 5.91 Å². The number of hydrogen-bond acceptors (Lipinski definition) is 5. The fourth-order valence-electron chi connectivity index (χ4n) is 2.99. The topological polar surface area (TPSA) is 69.9 Å². The van der Waals surface area contributed by atoms with Crippen molar-refractivity contribution >= 4 is 16.9 Å². The van der Waals surface area contributed by atoms with Crippen LogP contribution in [-0.2, 0) is 0 Å². The molecule has 1 aromatic heterocycles. The van der Waals surface area contributed by atoms with Gasteiger partial charge in [0.15, 0.2) is 28.6 Å². The molecule has 1 aliphatic heterocycles. The number of methoxy groups -OCH3 is 1. The second-order valence-electron chi connectivity index (χ2n) is 6.09. The number of amides is 1. The summed E-state index contributed by atoms with van der Waals surface area (Å²) in [6.45, 7) is 2.98. The van der Waals surface area contributed by atoms with Crippen molar-refractivity contribution in [1.82, 2.24) is 5.32 Å². The van der Waals surface area contributed by atoms with Crippen molar-refractivity contribution in [3.8, 4) is 17.2 Å². The zero-order valence-corrected chi connectivity index (χ0v) is 14.6. The summed E-state index contributed by atoms with van der Waals surface area (Å²) in [5.74, 6) is 1.98. The van der Waals surface area contributed by atoms with Gasteiger partial charge >= 0.3 is 0 Å². The van der Waals surface area contributed by atoms with E-state index in [1.807, 2.05) is 37.3 Å². The third kappa shape index (κ3) is 2.94. The predicted molar refractivity (Wildman–Crippen MR) is 96.1 cm³/mol. The molecule has 0 unspecified atom stereocenters. The Morgan fingerprint density at radius 1 is 1.12 bits per heavy atom. The molecule has 0 bridgehead atoms. The van der Waals surface area contributed by atoms with Gasteiger partial charge in [0.2, 0.25) is 0 Å². The van der Waals surface area contributed by atoms with Crippen LogP contribution >= 0.6 is 0 Å². The highest BCUT2D eigenvalue weighted by Gasteiger charge is 2.19. The number of furan rings is 1. The molecule has 2 aromatic carbocycles. The van der Waals surface area contributed by atoms with Crippen molar-refractivity contribution < 1.29 is 23.4 Å². The average molecular weight is 353 g/mol. The monoisotopic (exact) mass is 353 g/mol. The number of benzene rings is 2. The summed E-state index contributed by atoms with van der Waals surface area (Å²) in [5.41, 5.74) is 1.49. The van der Waals surface area contributed by atoms with Crippen LogP contribution in [0.15, 0.2) is 46.9 Å². The Morgan fingerprint density at radius 3 is 2.73 bits per heavy atom. The summed E-state index contributed by atoms with van der Waals surface area (Å²) in [6, 6.07) is 12.7. The molecule has 4 rings (SSSR count). The van der Waals surface area contributed by atoms with Gasteiger partial charge in [-0.1, -0.05) is 18.2 Å². The molecule has 6 heteroatoms. The molecule has 0 spiro atoms. The summed E-state index contributed by atoms with van der Waals surface area (Å²) < 4.78 is 22.1. The number of fused-ring (bicyclic) bond motifs is 2. The minimum Gasteiger partial charge on any atom is -0.493 e. The number of nitrogens with one attached hydrogen (secondary N) is 1. The summed E-state index contributed by atoms with van der Waals surface area (Å²) >= 11 is 0. The van der Waals surface area contributed by atoms with Crippen LogP contribution in [0, 0.1) is 0 Å². The van der Waals surface area contributed by atoms with Gasteiger partial charge < -0.3 is 23.9 Å². The number of ether oxygens (including phenoxy) is 3. The Morgan fingerprint density at radius 2 is 1.92 bits per heavy atom. The highest BCUT2D eigenvalue weighted by atomic mass is 16.6. The normalized spacial score (nSPS) is 14.1. The van der Waals surface area contributed by atoms with Gasteiger partial charge in [-0.3, -0.25) is 4.79 Å². The lowest BCUT2D eigenvalue weighted by Gasteiger charge is -2.20. The van der Waals surface area contributed by atoms with E-state index in [9.17, 15) is 4.79 Å². The minimum absolute atomic E-state index is 0.214. The zero-order chi connectivity index (χ0) is 18.1. The lowest BCUT2D eigenvalue weighted by Crippen LogP contribution is -2.26. The van der Waals surface area contributed by atoms with Gasteiger partial charge in [0.05, 0.1) is 13.2 Å². The number of hydrogen-bond donors (Lipinski definition) is 1. The standard InChI is InChI=1S/C20H19NO5/c1-12(13-6-7-15-17(10-13)25-9-8-24-15)21-20(22)18-11-14-4-3-5-16(23-2)19(14)26-18/h3-7,10-12H,8-9H2,1-2H3,(H,21,22)/t12-/m0/s1. The van der Waals surface area contributed by atoms with E-state index in [1.165, 1.54) is 0 Å². The van der Waals surface area contributed by atoms with Crippen LogP contribution in [0.4, 0.5) is 0 Å². The van der Waals surface area contributed by atoms with E-state index in [2.05, 4.69) is 5.32 Å². The Labute approximate surface area is 150 Å². The Kier molecular flexibility index (Phi) is 4.16. The fraction of sp³-hybridized carbons (Fsp3) is 0.250. The van der Waals surface area contributed by atoms with Gasteiger partial charge in [0.1, 0.15) is 13.2 Å². The number of carbonyl (C=O) groups excluding carboxylic acids is 1. The molecule has 1 N–H and O–H groups in total. The van der Waals surface area contributed by atoms with Crippen LogP contribution in [0.3, 0.4) is 0 Å². The minimum atomic E-state index is -0.286. The maximum atomic E-state index is 12.6. The lowest BCUT2D eigenvalue weighted by molar-refractivity contribution is 0.0913. The third-order valence-corrected chi connectivity index (χ3v) is 4.37. The molecule has 0 saturated carbocycles. The maximum absolute atomic E-state index is 12.6. The van der Waals surface area contributed by atoms with Gasteiger partial charge in [-0.2, -0.15) is 0 Å². The molecular formula is C20H19NO5. The van der Waals surface area contributed by atoms with E-state index in [1.54, 1.807) is 19.2 Å². The molecule has 1 amide bonds. The fourth-order valence-corrected chi connectivity index (χ4v) is 2.99. The van der Waals surface area contributed by atoms with Crippen LogP contribution in [0.1, 0.15) is 29.1 Å². The van der Waals surface area contributed by atoms with Crippen molar-refractivity contribution in [2.24, 2.45) is 0 Å². The zero-order valence-electron chi connectivity index (χ0n) is 14.6. The van der Waals surface area contributed by atoms with Crippen LogP contribution in [-0.4, -0.2) is 26.2 Å². The second-order valence-corrected chi connectivity index (χ2v) is 6.09. The van der Waals surface area contributed by atoms with Gasteiger partial charge in [0, 0.05) is 5.39 Å². The smallest absolute Gasteiger partial charge is 0.287 e. The molecule has 26 heavy (non-hydrogen) atoms. The number of para-hydroxylation sites is 1. The molecule has 1 atom stereocenters. The molecule has 0 radical (unpaired) electrons. The Bertz CT molecular complexity index is 962. The van der Waals surface area contributed by atoms with E-state index in [0.717, 1.165) is 16.7 Å². The van der Waals surface area contributed by atoms with E-state index in [0.29, 0.717) is 30.3 Å². The molecule has 1 aliphatic rings. The number of rotatable bonds is 4. The first-order valence-corrected chi connectivity index (χ1v) is 8.42. The lowest BCUT2D eigenvalue weighted by atomic mass is 10.1. The Hall–Kier alpha value is -3.15. The van der Waals surface area contributed by atoms with Crippen LogP contribution in [0.5, 0.6) is 17.2 Å². The van der Waals surface area contributed by atoms with Crippen LogP contribution in [0.25, 0.3) is 11.0 Å². The largest absolute Gasteiger partial charge is 0.493 e. The molecule has 0 fully saturated rings. The van der Waals surface area contributed by atoms with Crippen molar-refractivity contribution in [2.75, 3.05) is 20.3 Å². The van der Waals surface area contributed by atoms with Gasteiger partial charge in [-0.15, -0.1) is 0 Å². The molecule has 134 valence electrons.